The van der Waals surface area contributed by atoms with Crippen LogP contribution >= 0.6 is 11.6 Å². The molecule has 0 saturated heterocycles. The average molecular weight is 326 g/mol. The average Bonchev–Trinajstić information content (AvgIpc) is 3.13. The molecule has 2 heterocycles. The zero-order valence-electron chi connectivity index (χ0n) is 12.1. The zero-order valence-corrected chi connectivity index (χ0v) is 12.9. The van der Waals surface area contributed by atoms with E-state index in [0.29, 0.717) is 17.3 Å². The number of rotatable bonds is 3. The summed E-state index contributed by atoms with van der Waals surface area (Å²) in [5.74, 6) is -0.234. The van der Waals surface area contributed by atoms with E-state index in [2.05, 4.69) is 9.97 Å². The predicted molar refractivity (Wildman–Crippen MR) is 90.0 cm³/mol. The fourth-order valence-corrected chi connectivity index (χ4v) is 3.08. The monoisotopic (exact) mass is 325 g/mol. The van der Waals surface area contributed by atoms with Crippen molar-refractivity contribution >= 4 is 22.5 Å². The summed E-state index contributed by atoms with van der Waals surface area (Å²) in [6.07, 6.45) is 3.55. The second-order valence-corrected chi connectivity index (χ2v) is 5.71. The Hall–Kier alpha value is -2.59. The van der Waals surface area contributed by atoms with Crippen molar-refractivity contribution in [3.05, 3.63) is 77.6 Å². The van der Waals surface area contributed by atoms with Crippen molar-refractivity contribution in [2.24, 2.45) is 0 Å². The number of nitrogens with zero attached hydrogens (tertiary/aromatic N) is 2. The maximum atomic E-state index is 13.9. The molecule has 1 N–H and O–H groups in total. The van der Waals surface area contributed by atoms with Crippen LogP contribution in [0.3, 0.4) is 0 Å². The molecule has 0 radical (unpaired) electrons. The highest BCUT2D eigenvalue weighted by Gasteiger charge is 2.16. The molecule has 0 aliphatic rings. The number of benzene rings is 2. The topological polar surface area (TPSA) is 33.6 Å². The molecule has 4 aromatic rings. The maximum Gasteiger partial charge on any atom is 0.155 e. The number of imidazole rings is 1. The first-order valence-electron chi connectivity index (χ1n) is 7.24. The number of aromatic amines is 1. The lowest BCUT2D eigenvalue weighted by Gasteiger charge is -2.09. The molecule has 3 nitrogen and oxygen atoms in total. The smallest absolute Gasteiger partial charge is 0.155 e. The highest BCUT2D eigenvalue weighted by Crippen LogP contribution is 2.33. The molecule has 5 heteroatoms. The Bertz CT molecular complexity index is 987. The minimum absolute atomic E-state index is 0.234. The van der Waals surface area contributed by atoms with E-state index in [0.717, 1.165) is 22.2 Å². The number of hydrogen-bond donors (Lipinski definition) is 1. The van der Waals surface area contributed by atoms with Gasteiger partial charge in [0.25, 0.3) is 0 Å². The molecule has 0 atom stereocenters. The lowest BCUT2D eigenvalue weighted by Crippen LogP contribution is -2.02. The van der Waals surface area contributed by atoms with E-state index in [1.54, 1.807) is 18.5 Å². The van der Waals surface area contributed by atoms with E-state index < -0.39 is 0 Å². The molecule has 114 valence electrons. The van der Waals surface area contributed by atoms with Crippen LogP contribution in [0.5, 0.6) is 0 Å². The molecule has 0 aliphatic heterocycles. The Labute approximate surface area is 137 Å². The first-order chi connectivity index (χ1) is 11.2. The molecule has 2 aromatic carbocycles. The molecular weight excluding hydrogens is 313 g/mol. The minimum Gasteiger partial charge on any atom is -0.360 e. The van der Waals surface area contributed by atoms with E-state index in [1.165, 1.54) is 6.07 Å². The van der Waals surface area contributed by atoms with Gasteiger partial charge in [-0.3, -0.25) is 0 Å². The lowest BCUT2D eigenvalue weighted by molar-refractivity contribution is 0.600. The van der Waals surface area contributed by atoms with Crippen molar-refractivity contribution < 1.29 is 4.39 Å². The van der Waals surface area contributed by atoms with Crippen LogP contribution in [-0.4, -0.2) is 14.5 Å². The molecule has 0 aliphatic carbocycles. The second kappa shape index (κ2) is 5.56. The molecule has 0 unspecified atom stereocenters. The summed E-state index contributed by atoms with van der Waals surface area (Å²) in [6, 6.07) is 14.7. The highest BCUT2D eigenvalue weighted by atomic mass is 35.5. The SMILES string of the molecule is Fc1ccccc1Cn1cnc(Cl)c1-c1c[nH]c2ccccc12. The van der Waals surface area contributed by atoms with Gasteiger partial charge < -0.3 is 9.55 Å². The van der Waals surface area contributed by atoms with Gasteiger partial charge in [0.1, 0.15) is 5.82 Å². The first-order valence-corrected chi connectivity index (χ1v) is 7.62. The molecule has 0 fully saturated rings. The van der Waals surface area contributed by atoms with Crippen LogP contribution in [0.15, 0.2) is 61.1 Å². The van der Waals surface area contributed by atoms with E-state index in [4.69, 9.17) is 11.6 Å². The van der Waals surface area contributed by atoms with Gasteiger partial charge in [-0.2, -0.15) is 0 Å². The fourth-order valence-electron chi connectivity index (χ4n) is 2.82. The summed E-state index contributed by atoms with van der Waals surface area (Å²) in [4.78, 5) is 7.43. The Kier molecular flexibility index (Phi) is 3.39. The molecule has 0 saturated carbocycles. The van der Waals surface area contributed by atoms with Crippen molar-refractivity contribution in [2.45, 2.75) is 6.54 Å². The standard InChI is InChI=1S/C18H13ClFN3/c19-18-17(14-9-21-16-8-4-2-6-13(14)16)23(11-22-18)10-12-5-1-3-7-15(12)20/h1-9,11,21H,10H2. The third-order valence-electron chi connectivity index (χ3n) is 3.94. The van der Waals surface area contributed by atoms with Crippen molar-refractivity contribution in [1.82, 2.24) is 14.5 Å². The number of para-hydroxylation sites is 1. The van der Waals surface area contributed by atoms with Crippen LogP contribution in [0.25, 0.3) is 22.2 Å². The Morgan fingerprint density at radius 3 is 2.74 bits per heavy atom. The summed E-state index contributed by atoms with van der Waals surface area (Å²) in [5, 5.41) is 1.47. The summed E-state index contributed by atoms with van der Waals surface area (Å²) in [5.41, 5.74) is 3.37. The van der Waals surface area contributed by atoms with Gasteiger partial charge in [0, 0.05) is 28.2 Å². The third kappa shape index (κ3) is 2.41. The molecular formula is C18H13ClFN3. The van der Waals surface area contributed by atoms with Crippen LogP contribution < -0.4 is 0 Å². The van der Waals surface area contributed by atoms with Gasteiger partial charge in [0.05, 0.1) is 18.6 Å². The molecule has 0 amide bonds. The number of nitrogens with one attached hydrogen (secondary N) is 1. The largest absolute Gasteiger partial charge is 0.360 e. The maximum absolute atomic E-state index is 13.9. The van der Waals surface area contributed by atoms with Gasteiger partial charge in [0.2, 0.25) is 0 Å². The van der Waals surface area contributed by atoms with Gasteiger partial charge in [-0.25, -0.2) is 9.37 Å². The number of H-pyrrole nitrogens is 1. The predicted octanol–water partition coefficient (Wildman–Crippen LogP) is 4.87. The van der Waals surface area contributed by atoms with E-state index >= 15 is 0 Å². The van der Waals surface area contributed by atoms with Gasteiger partial charge >= 0.3 is 0 Å². The number of aromatic nitrogens is 3. The van der Waals surface area contributed by atoms with Crippen LogP contribution in [-0.2, 0) is 6.54 Å². The van der Waals surface area contributed by atoms with Gasteiger partial charge in [-0.1, -0.05) is 48.0 Å². The van der Waals surface area contributed by atoms with Crippen LogP contribution in [0.4, 0.5) is 4.39 Å². The number of hydrogen-bond acceptors (Lipinski definition) is 1. The van der Waals surface area contributed by atoms with E-state index in [-0.39, 0.29) is 5.82 Å². The van der Waals surface area contributed by atoms with Crippen molar-refractivity contribution in [1.29, 1.82) is 0 Å². The molecule has 0 bridgehead atoms. The summed E-state index contributed by atoms with van der Waals surface area (Å²) >= 11 is 6.30. The number of halogens is 2. The Morgan fingerprint density at radius 1 is 1.09 bits per heavy atom. The molecule has 23 heavy (non-hydrogen) atoms. The van der Waals surface area contributed by atoms with Crippen molar-refractivity contribution in [2.75, 3.05) is 0 Å². The first kappa shape index (κ1) is 14.0. The summed E-state index contributed by atoms with van der Waals surface area (Å²) < 4.78 is 15.8. The Balaban J connectivity index is 1.84. The Morgan fingerprint density at radius 2 is 1.87 bits per heavy atom. The molecule has 0 spiro atoms. The fraction of sp³-hybridized carbons (Fsp3) is 0.0556. The van der Waals surface area contributed by atoms with Crippen LogP contribution in [0.2, 0.25) is 5.15 Å². The van der Waals surface area contributed by atoms with Crippen molar-refractivity contribution in [3.8, 4) is 11.3 Å². The van der Waals surface area contributed by atoms with E-state index in [9.17, 15) is 4.39 Å². The summed E-state index contributed by atoms with van der Waals surface area (Å²) in [7, 11) is 0. The van der Waals surface area contributed by atoms with Gasteiger partial charge in [-0.05, 0) is 12.1 Å². The second-order valence-electron chi connectivity index (χ2n) is 5.35. The van der Waals surface area contributed by atoms with Gasteiger partial charge in [0.15, 0.2) is 5.15 Å². The van der Waals surface area contributed by atoms with Gasteiger partial charge in [-0.15, -0.1) is 0 Å². The highest BCUT2D eigenvalue weighted by molar-refractivity contribution is 6.32. The normalized spacial score (nSPS) is 11.2. The minimum atomic E-state index is -0.234. The van der Waals surface area contributed by atoms with E-state index in [1.807, 2.05) is 41.1 Å². The molecule has 2 aromatic heterocycles. The number of fused-ring (bicyclic) bond motifs is 1. The zero-order chi connectivity index (χ0) is 15.8. The quantitative estimate of drug-likeness (QED) is 0.572. The molecule has 4 rings (SSSR count). The lowest BCUT2D eigenvalue weighted by atomic mass is 10.1. The van der Waals surface area contributed by atoms with Crippen LogP contribution in [0, 0.1) is 5.82 Å². The third-order valence-corrected chi connectivity index (χ3v) is 4.21. The van der Waals surface area contributed by atoms with Crippen molar-refractivity contribution in [3.63, 3.8) is 0 Å². The van der Waals surface area contributed by atoms with Crippen LogP contribution in [0.1, 0.15) is 5.56 Å². The summed E-state index contributed by atoms with van der Waals surface area (Å²) in [6.45, 7) is 0.376.